The van der Waals surface area contributed by atoms with E-state index in [2.05, 4.69) is 12.2 Å². The topological polar surface area (TPSA) is 71.1 Å². The zero-order valence-electron chi connectivity index (χ0n) is 17.6. The highest BCUT2D eigenvalue weighted by molar-refractivity contribution is 5.94. The molecule has 1 aromatic rings. The first-order valence-electron chi connectivity index (χ1n) is 10.8. The third kappa shape index (κ3) is 5.55. The Labute approximate surface area is 173 Å². The number of nitrogens with zero attached hydrogens (tertiary/aromatic N) is 2. The highest BCUT2D eigenvalue weighted by Crippen LogP contribution is 2.31. The number of methoxy groups -OCH3 is 1. The van der Waals surface area contributed by atoms with Gasteiger partial charge in [-0.2, -0.15) is 0 Å². The third-order valence-electron chi connectivity index (χ3n) is 5.71. The van der Waals surface area contributed by atoms with Crippen molar-refractivity contribution in [3.63, 3.8) is 0 Å². The van der Waals surface area contributed by atoms with E-state index in [0.717, 1.165) is 38.8 Å². The molecule has 0 saturated carbocycles. The van der Waals surface area contributed by atoms with Gasteiger partial charge in [0.05, 0.1) is 19.4 Å². The number of hydrogen-bond donors (Lipinski definition) is 1. The number of unbranched alkanes of at least 4 members (excludes halogenated alkanes) is 1. The number of likely N-dealkylation sites (tertiary alicyclic amines) is 2. The molecule has 7 heteroatoms. The molecule has 0 spiro atoms. The lowest BCUT2D eigenvalue weighted by atomic mass is 9.96. The van der Waals surface area contributed by atoms with Crippen LogP contribution in [0.5, 0.6) is 11.5 Å². The molecule has 1 N–H and O–H groups in total. The molecule has 29 heavy (non-hydrogen) atoms. The Bertz CT molecular complexity index is 695. The maximum atomic E-state index is 12.9. The minimum atomic E-state index is -0.104. The van der Waals surface area contributed by atoms with Gasteiger partial charge in [-0.05, 0) is 44.2 Å². The summed E-state index contributed by atoms with van der Waals surface area (Å²) in [5.41, 5.74) is 0.640. The first kappa shape index (κ1) is 21.3. The van der Waals surface area contributed by atoms with E-state index < -0.39 is 0 Å². The summed E-state index contributed by atoms with van der Waals surface area (Å²) in [6.07, 6.45) is 5.56. The quantitative estimate of drug-likeness (QED) is 0.704. The average molecular weight is 404 g/mol. The van der Waals surface area contributed by atoms with Gasteiger partial charge in [0.15, 0.2) is 0 Å². The van der Waals surface area contributed by atoms with E-state index in [9.17, 15) is 9.59 Å². The van der Waals surface area contributed by atoms with Crippen LogP contribution in [0.3, 0.4) is 0 Å². The van der Waals surface area contributed by atoms with Crippen molar-refractivity contribution in [2.24, 2.45) is 5.92 Å². The largest absolute Gasteiger partial charge is 0.497 e. The molecule has 3 amide bonds. The highest BCUT2D eigenvalue weighted by Gasteiger charge is 2.30. The molecule has 0 bridgehead atoms. The maximum Gasteiger partial charge on any atom is 0.319 e. The summed E-state index contributed by atoms with van der Waals surface area (Å²) in [6, 6.07) is 5.59. The fourth-order valence-corrected chi connectivity index (χ4v) is 3.86. The van der Waals surface area contributed by atoms with Crippen molar-refractivity contribution in [1.29, 1.82) is 0 Å². The first-order valence-corrected chi connectivity index (χ1v) is 10.8. The van der Waals surface area contributed by atoms with Gasteiger partial charge in [0, 0.05) is 38.2 Å². The molecule has 2 aliphatic rings. The summed E-state index contributed by atoms with van der Waals surface area (Å²) in [5.74, 6) is 1.21. The Morgan fingerprint density at radius 1 is 1.10 bits per heavy atom. The van der Waals surface area contributed by atoms with Crippen LogP contribution >= 0.6 is 0 Å². The Morgan fingerprint density at radius 2 is 1.79 bits per heavy atom. The summed E-state index contributed by atoms with van der Waals surface area (Å²) in [7, 11) is 1.60. The molecule has 1 aromatic carbocycles. The van der Waals surface area contributed by atoms with Crippen molar-refractivity contribution in [2.45, 2.75) is 45.4 Å². The molecule has 2 saturated heterocycles. The number of carbonyl (C=O) groups is 2. The van der Waals surface area contributed by atoms with Gasteiger partial charge in [-0.25, -0.2) is 4.79 Å². The zero-order valence-corrected chi connectivity index (χ0v) is 17.6. The van der Waals surface area contributed by atoms with E-state index in [1.165, 1.54) is 0 Å². The van der Waals surface area contributed by atoms with Crippen LogP contribution in [-0.4, -0.2) is 61.6 Å². The second-order valence-corrected chi connectivity index (χ2v) is 7.79. The average Bonchev–Trinajstić information content (AvgIpc) is 3.29. The number of anilines is 1. The van der Waals surface area contributed by atoms with Crippen LogP contribution in [0.15, 0.2) is 18.2 Å². The number of benzene rings is 1. The van der Waals surface area contributed by atoms with E-state index >= 15 is 0 Å². The van der Waals surface area contributed by atoms with Gasteiger partial charge in [-0.15, -0.1) is 0 Å². The predicted molar refractivity (Wildman–Crippen MR) is 113 cm³/mol. The van der Waals surface area contributed by atoms with Gasteiger partial charge in [-0.3, -0.25) is 4.79 Å². The number of urea groups is 1. The monoisotopic (exact) mass is 403 g/mol. The van der Waals surface area contributed by atoms with Crippen LogP contribution in [0.4, 0.5) is 10.5 Å². The molecule has 2 heterocycles. The van der Waals surface area contributed by atoms with Crippen LogP contribution < -0.4 is 14.8 Å². The van der Waals surface area contributed by atoms with Crippen LogP contribution in [0.1, 0.15) is 45.4 Å². The summed E-state index contributed by atoms with van der Waals surface area (Å²) < 4.78 is 11.1. The van der Waals surface area contributed by atoms with Gasteiger partial charge in [0.1, 0.15) is 11.5 Å². The lowest BCUT2D eigenvalue weighted by Crippen LogP contribution is -2.47. The van der Waals surface area contributed by atoms with E-state index in [-0.39, 0.29) is 17.9 Å². The molecular weight excluding hydrogens is 370 g/mol. The van der Waals surface area contributed by atoms with Crippen molar-refractivity contribution in [3.8, 4) is 11.5 Å². The minimum absolute atomic E-state index is 0.0214. The Hall–Kier alpha value is -2.44. The van der Waals surface area contributed by atoms with Crippen molar-refractivity contribution in [2.75, 3.05) is 45.2 Å². The fraction of sp³-hybridized carbons (Fsp3) is 0.636. The molecular formula is C22H33N3O4. The summed E-state index contributed by atoms with van der Waals surface area (Å²) in [6.45, 7) is 5.70. The standard InChI is InChI=1S/C22H33N3O4/c1-3-4-15-29-20-8-7-18(28-2)16-19(20)23-21(26)17-9-13-25(14-10-17)22(27)24-11-5-6-12-24/h7-8,16-17H,3-6,9-15H2,1-2H3,(H,23,26). The van der Waals surface area contributed by atoms with Crippen molar-refractivity contribution in [3.05, 3.63) is 18.2 Å². The van der Waals surface area contributed by atoms with Crippen molar-refractivity contribution >= 4 is 17.6 Å². The highest BCUT2D eigenvalue weighted by atomic mass is 16.5. The van der Waals surface area contributed by atoms with Gasteiger partial charge in [0.25, 0.3) is 0 Å². The molecule has 2 fully saturated rings. The number of ether oxygens (including phenoxy) is 2. The predicted octanol–water partition coefficient (Wildman–Crippen LogP) is 3.74. The van der Waals surface area contributed by atoms with Gasteiger partial charge < -0.3 is 24.6 Å². The normalized spacial score (nSPS) is 17.3. The third-order valence-corrected chi connectivity index (χ3v) is 5.71. The fourth-order valence-electron chi connectivity index (χ4n) is 3.86. The number of nitrogens with one attached hydrogen (secondary N) is 1. The second-order valence-electron chi connectivity index (χ2n) is 7.79. The molecule has 3 rings (SSSR count). The molecule has 0 atom stereocenters. The lowest BCUT2D eigenvalue weighted by Gasteiger charge is -2.34. The smallest absolute Gasteiger partial charge is 0.319 e. The van der Waals surface area contributed by atoms with Crippen LogP contribution in [0, 0.1) is 5.92 Å². The van der Waals surface area contributed by atoms with Crippen LogP contribution in [0.2, 0.25) is 0 Å². The number of amides is 3. The lowest BCUT2D eigenvalue weighted by molar-refractivity contribution is -0.121. The van der Waals surface area contributed by atoms with E-state index in [1.54, 1.807) is 13.2 Å². The molecule has 2 aliphatic heterocycles. The summed E-state index contributed by atoms with van der Waals surface area (Å²) in [4.78, 5) is 29.2. The van der Waals surface area contributed by atoms with E-state index in [4.69, 9.17) is 9.47 Å². The van der Waals surface area contributed by atoms with Crippen molar-refractivity contribution < 1.29 is 19.1 Å². The summed E-state index contributed by atoms with van der Waals surface area (Å²) >= 11 is 0. The van der Waals surface area contributed by atoms with E-state index in [1.807, 2.05) is 21.9 Å². The number of rotatable bonds is 7. The number of hydrogen-bond acceptors (Lipinski definition) is 4. The van der Waals surface area contributed by atoms with Gasteiger partial charge in [0.2, 0.25) is 5.91 Å². The number of carbonyl (C=O) groups excluding carboxylic acids is 2. The molecule has 0 unspecified atom stereocenters. The van der Waals surface area contributed by atoms with Crippen LogP contribution in [0.25, 0.3) is 0 Å². The molecule has 160 valence electrons. The summed E-state index contributed by atoms with van der Waals surface area (Å²) in [5, 5.41) is 3.02. The molecule has 0 aromatic heterocycles. The van der Waals surface area contributed by atoms with Gasteiger partial charge >= 0.3 is 6.03 Å². The number of piperidine rings is 1. The Morgan fingerprint density at radius 3 is 2.45 bits per heavy atom. The second kappa shape index (κ2) is 10.4. The first-order chi connectivity index (χ1) is 14.1. The molecule has 0 aliphatic carbocycles. The molecule has 0 radical (unpaired) electrons. The van der Waals surface area contributed by atoms with E-state index in [0.29, 0.717) is 49.7 Å². The minimum Gasteiger partial charge on any atom is -0.497 e. The van der Waals surface area contributed by atoms with Gasteiger partial charge in [-0.1, -0.05) is 13.3 Å². The SMILES string of the molecule is CCCCOc1ccc(OC)cc1NC(=O)C1CCN(C(=O)N2CCCC2)CC1. The Kier molecular flexibility index (Phi) is 7.61. The maximum absolute atomic E-state index is 12.9. The zero-order chi connectivity index (χ0) is 20.6. The van der Waals surface area contributed by atoms with Crippen LogP contribution in [-0.2, 0) is 4.79 Å². The Balaban J connectivity index is 1.56. The van der Waals surface area contributed by atoms with Crippen molar-refractivity contribution in [1.82, 2.24) is 9.80 Å². The molecule has 7 nitrogen and oxygen atoms in total.